The van der Waals surface area contributed by atoms with E-state index in [2.05, 4.69) is 22.2 Å². The Labute approximate surface area is 158 Å². The monoisotopic (exact) mass is 367 g/mol. The number of hydrogen-bond donors (Lipinski definition) is 2. The smallest absolute Gasteiger partial charge is 0.251 e. The minimum atomic E-state index is -0.149. The Bertz CT molecular complexity index is 872. The number of para-hydroxylation sites is 2. The van der Waals surface area contributed by atoms with Crippen molar-refractivity contribution in [2.45, 2.75) is 26.2 Å². The highest BCUT2D eigenvalue weighted by atomic mass is 16.5. The molecule has 1 heterocycles. The number of carbonyl (C=O) groups excluding carboxylic acids is 1. The van der Waals surface area contributed by atoms with Crippen LogP contribution in [0.2, 0.25) is 0 Å². The average Bonchev–Trinajstić information content (AvgIpc) is 3.11. The molecule has 1 aromatic heterocycles. The fourth-order valence-corrected chi connectivity index (χ4v) is 2.78. The molecule has 0 aliphatic heterocycles. The largest absolute Gasteiger partial charge is 0.493 e. The number of amides is 1. The van der Waals surface area contributed by atoms with Crippen LogP contribution in [0.3, 0.4) is 0 Å². The summed E-state index contributed by atoms with van der Waals surface area (Å²) in [5, 5.41) is 2.92. The van der Waals surface area contributed by atoms with Crippen molar-refractivity contribution in [2.24, 2.45) is 0 Å². The topological polar surface area (TPSA) is 76.2 Å². The molecule has 0 saturated carbocycles. The molecule has 0 aliphatic rings. The summed E-state index contributed by atoms with van der Waals surface area (Å²) in [7, 11) is 1.57. The summed E-state index contributed by atoms with van der Waals surface area (Å²) in [4.78, 5) is 20.2. The molecule has 142 valence electrons. The van der Waals surface area contributed by atoms with E-state index in [0.29, 0.717) is 36.6 Å². The maximum absolute atomic E-state index is 12.4. The molecule has 6 nitrogen and oxygen atoms in total. The summed E-state index contributed by atoms with van der Waals surface area (Å²) >= 11 is 0. The van der Waals surface area contributed by atoms with Crippen molar-refractivity contribution in [3.05, 3.63) is 53.9 Å². The Morgan fingerprint density at radius 1 is 1.19 bits per heavy atom. The van der Waals surface area contributed by atoms with E-state index in [-0.39, 0.29) is 5.91 Å². The summed E-state index contributed by atoms with van der Waals surface area (Å²) in [6, 6.07) is 13.1. The molecule has 0 spiro atoms. The highest BCUT2D eigenvalue weighted by molar-refractivity contribution is 5.94. The van der Waals surface area contributed by atoms with Crippen LogP contribution in [0.25, 0.3) is 11.0 Å². The number of H-pyrrole nitrogens is 1. The number of imidazole rings is 1. The second-order valence-electron chi connectivity index (χ2n) is 6.27. The number of benzene rings is 2. The van der Waals surface area contributed by atoms with Gasteiger partial charge in [-0.05, 0) is 36.8 Å². The van der Waals surface area contributed by atoms with Crippen molar-refractivity contribution in [1.29, 1.82) is 0 Å². The van der Waals surface area contributed by atoms with Gasteiger partial charge in [0.1, 0.15) is 5.82 Å². The van der Waals surface area contributed by atoms with Crippen molar-refractivity contribution in [2.75, 3.05) is 20.3 Å². The second kappa shape index (κ2) is 9.07. The lowest BCUT2D eigenvalue weighted by atomic mass is 10.2. The molecule has 0 saturated heterocycles. The summed E-state index contributed by atoms with van der Waals surface area (Å²) in [6.45, 7) is 3.24. The van der Waals surface area contributed by atoms with E-state index in [9.17, 15) is 4.79 Å². The number of nitrogens with zero attached hydrogens (tertiary/aromatic N) is 1. The van der Waals surface area contributed by atoms with E-state index >= 15 is 0 Å². The van der Waals surface area contributed by atoms with E-state index in [1.54, 1.807) is 25.3 Å². The first-order chi connectivity index (χ1) is 13.2. The van der Waals surface area contributed by atoms with Gasteiger partial charge in [-0.3, -0.25) is 4.79 Å². The van der Waals surface area contributed by atoms with Crippen LogP contribution in [0.5, 0.6) is 11.5 Å². The van der Waals surface area contributed by atoms with Crippen LogP contribution in [-0.2, 0) is 6.42 Å². The molecule has 0 fully saturated rings. The van der Waals surface area contributed by atoms with Crippen LogP contribution in [0, 0.1) is 0 Å². The normalized spacial score (nSPS) is 10.7. The number of aromatic amines is 1. The minimum absolute atomic E-state index is 0.149. The predicted octanol–water partition coefficient (Wildman–Crippen LogP) is 3.72. The lowest BCUT2D eigenvalue weighted by Crippen LogP contribution is -2.26. The summed E-state index contributed by atoms with van der Waals surface area (Å²) < 4.78 is 11.1. The van der Waals surface area contributed by atoms with Gasteiger partial charge in [-0.2, -0.15) is 0 Å². The first-order valence-corrected chi connectivity index (χ1v) is 9.24. The number of nitrogens with one attached hydrogen (secondary N) is 2. The standard InChI is InChI=1S/C21H25N3O3/c1-3-4-13-27-18-10-9-15(14-19(18)26-2)21(25)22-12-11-20-23-16-7-5-6-8-17(16)24-20/h5-10,14H,3-4,11-13H2,1-2H3,(H,22,25)(H,23,24). The van der Waals surface area contributed by atoms with Crippen LogP contribution >= 0.6 is 0 Å². The maximum Gasteiger partial charge on any atom is 0.251 e. The predicted molar refractivity (Wildman–Crippen MR) is 106 cm³/mol. The van der Waals surface area contributed by atoms with Gasteiger partial charge in [0.15, 0.2) is 11.5 Å². The lowest BCUT2D eigenvalue weighted by molar-refractivity contribution is 0.0953. The summed E-state index contributed by atoms with van der Waals surface area (Å²) in [6.07, 6.45) is 2.68. The van der Waals surface area contributed by atoms with Crippen LogP contribution < -0.4 is 14.8 Å². The van der Waals surface area contributed by atoms with Crippen LogP contribution in [-0.4, -0.2) is 36.1 Å². The Morgan fingerprint density at radius 2 is 2.04 bits per heavy atom. The number of rotatable bonds is 9. The van der Waals surface area contributed by atoms with E-state index in [0.717, 1.165) is 29.7 Å². The number of aromatic nitrogens is 2. The van der Waals surface area contributed by atoms with Gasteiger partial charge < -0.3 is 19.8 Å². The van der Waals surface area contributed by atoms with E-state index in [1.165, 1.54) is 0 Å². The SMILES string of the molecule is CCCCOc1ccc(C(=O)NCCc2nc3ccccc3[nH]2)cc1OC. The highest BCUT2D eigenvalue weighted by Crippen LogP contribution is 2.28. The molecule has 2 aromatic carbocycles. The molecule has 0 aliphatic carbocycles. The molecule has 6 heteroatoms. The Kier molecular flexibility index (Phi) is 6.30. The first-order valence-electron chi connectivity index (χ1n) is 9.24. The van der Waals surface area contributed by atoms with Crippen molar-refractivity contribution >= 4 is 16.9 Å². The number of carbonyl (C=O) groups is 1. The van der Waals surface area contributed by atoms with E-state index in [4.69, 9.17) is 9.47 Å². The van der Waals surface area contributed by atoms with Gasteiger partial charge in [0.25, 0.3) is 5.91 Å². The third-order valence-electron chi connectivity index (χ3n) is 4.27. The molecular weight excluding hydrogens is 342 g/mol. The summed E-state index contributed by atoms with van der Waals surface area (Å²) in [5.41, 5.74) is 2.48. The van der Waals surface area contributed by atoms with E-state index in [1.807, 2.05) is 24.3 Å². The van der Waals surface area contributed by atoms with Crippen molar-refractivity contribution < 1.29 is 14.3 Å². The van der Waals surface area contributed by atoms with Crippen LogP contribution in [0.4, 0.5) is 0 Å². The molecule has 0 unspecified atom stereocenters. The minimum Gasteiger partial charge on any atom is -0.493 e. The van der Waals surface area contributed by atoms with Crippen molar-refractivity contribution in [1.82, 2.24) is 15.3 Å². The second-order valence-corrected chi connectivity index (χ2v) is 6.27. The molecule has 1 amide bonds. The average molecular weight is 367 g/mol. The molecule has 2 N–H and O–H groups in total. The third kappa shape index (κ3) is 4.78. The molecule has 0 bridgehead atoms. The number of unbranched alkanes of at least 4 members (excludes halogenated alkanes) is 1. The molecule has 0 atom stereocenters. The molecule has 27 heavy (non-hydrogen) atoms. The van der Waals surface area contributed by atoms with Crippen LogP contribution in [0.15, 0.2) is 42.5 Å². The number of ether oxygens (including phenoxy) is 2. The van der Waals surface area contributed by atoms with Gasteiger partial charge in [-0.1, -0.05) is 25.5 Å². The maximum atomic E-state index is 12.4. The zero-order chi connectivity index (χ0) is 19.1. The number of hydrogen-bond acceptors (Lipinski definition) is 4. The summed E-state index contributed by atoms with van der Waals surface area (Å²) in [5.74, 6) is 1.93. The quantitative estimate of drug-likeness (QED) is 0.565. The molecule has 3 aromatic rings. The molecule has 3 rings (SSSR count). The van der Waals surface area contributed by atoms with Gasteiger partial charge in [0, 0.05) is 18.5 Å². The Balaban J connectivity index is 1.56. The molecule has 0 radical (unpaired) electrons. The fraction of sp³-hybridized carbons (Fsp3) is 0.333. The zero-order valence-corrected chi connectivity index (χ0v) is 15.7. The van der Waals surface area contributed by atoms with Gasteiger partial charge in [-0.15, -0.1) is 0 Å². The third-order valence-corrected chi connectivity index (χ3v) is 4.27. The van der Waals surface area contributed by atoms with Gasteiger partial charge in [0.05, 0.1) is 24.8 Å². The highest BCUT2D eigenvalue weighted by Gasteiger charge is 2.11. The fourth-order valence-electron chi connectivity index (χ4n) is 2.78. The Morgan fingerprint density at radius 3 is 2.81 bits per heavy atom. The van der Waals surface area contributed by atoms with Crippen LogP contribution in [0.1, 0.15) is 35.9 Å². The number of methoxy groups -OCH3 is 1. The Hall–Kier alpha value is -3.02. The lowest BCUT2D eigenvalue weighted by Gasteiger charge is -2.12. The number of fused-ring (bicyclic) bond motifs is 1. The van der Waals surface area contributed by atoms with Gasteiger partial charge in [0.2, 0.25) is 0 Å². The van der Waals surface area contributed by atoms with Gasteiger partial charge in [-0.25, -0.2) is 4.98 Å². The van der Waals surface area contributed by atoms with Gasteiger partial charge >= 0.3 is 0 Å². The van der Waals surface area contributed by atoms with Crippen molar-refractivity contribution in [3.63, 3.8) is 0 Å². The zero-order valence-electron chi connectivity index (χ0n) is 15.7. The van der Waals surface area contributed by atoms with E-state index < -0.39 is 0 Å². The first kappa shape index (κ1) is 18.8. The molecular formula is C21H25N3O3. The van der Waals surface area contributed by atoms with Crippen molar-refractivity contribution in [3.8, 4) is 11.5 Å².